The van der Waals surface area contributed by atoms with Crippen LogP contribution in [0.15, 0.2) is 35.6 Å². The second-order valence-electron chi connectivity index (χ2n) is 10.1. The average molecular weight is 504 g/mol. The van der Waals surface area contributed by atoms with Crippen LogP contribution in [0.1, 0.15) is 103 Å². The molecule has 0 unspecified atom stereocenters. The van der Waals surface area contributed by atoms with E-state index in [4.69, 9.17) is 4.74 Å². The fourth-order valence-electron chi connectivity index (χ4n) is 4.02. The van der Waals surface area contributed by atoms with Crippen LogP contribution in [0, 0.1) is 0 Å². The topological polar surface area (TPSA) is 70.7 Å². The Labute approximate surface area is 221 Å². The third-order valence-electron chi connectivity index (χ3n) is 6.34. The van der Waals surface area contributed by atoms with Crippen molar-refractivity contribution in [3.05, 3.63) is 35.6 Å². The first-order chi connectivity index (χ1) is 17.5. The predicted molar refractivity (Wildman–Crippen MR) is 151 cm³/mol. The van der Waals surface area contributed by atoms with Gasteiger partial charge in [-0.15, -0.1) is 0 Å². The van der Waals surface area contributed by atoms with Gasteiger partial charge in [-0.1, -0.05) is 63.3 Å². The van der Waals surface area contributed by atoms with Crippen molar-refractivity contribution >= 4 is 11.9 Å². The van der Waals surface area contributed by atoms with Crippen LogP contribution < -0.4 is 10.6 Å². The van der Waals surface area contributed by atoms with Gasteiger partial charge in [0.1, 0.15) is 6.61 Å². The van der Waals surface area contributed by atoms with Crippen molar-refractivity contribution in [2.75, 3.05) is 40.3 Å². The summed E-state index contributed by atoms with van der Waals surface area (Å²) in [6.45, 7) is 3.91. The molecule has 1 aliphatic rings. The van der Waals surface area contributed by atoms with E-state index in [-0.39, 0.29) is 25.0 Å². The van der Waals surface area contributed by atoms with Gasteiger partial charge in [0.05, 0.1) is 13.1 Å². The lowest BCUT2D eigenvalue weighted by Gasteiger charge is -2.25. The van der Waals surface area contributed by atoms with Gasteiger partial charge in [-0.05, 0) is 77.5 Å². The van der Waals surface area contributed by atoms with Crippen LogP contribution in [-0.4, -0.2) is 57.1 Å². The van der Waals surface area contributed by atoms with Crippen LogP contribution in [0.5, 0.6) is 0 Å². The number of unbranched alkanes of at least 4 members (excludes halogenated alkanes) is 8. The Kier molecular flexibility index (Phi) is 19.7. The summed E-state index contributed by atoms with van der Waals surface area (Å²) in [6, 6.07) is 0. The highest BCUT2D eigenvalue weighted by Gasteiger charge is 2.15. The summed E-state index contributed by atoms with van der Waals surface area (Å²) in [7, 11) is 4.06. The molecule has 0 atom stereocenters. The molecule has 6 heteroatoms. The smallest absolute Gasteiger partial charge is 0.305 e. The monoisotopic (exact) mass is 503 g/mol. The normalized spacial score (nSPS) is 13.4. The van der Waals surface area contributed by atoms with Crippen molar-refractivity contribution in [1.29, 1.82) is 0 Å². The minimum absolute atomic E-state index is 0.0732. The van der Waals surface area contributed by atoms with E-state index in [1.54, 1.807) is 0 Å². The minimum Gasteiger partial charge on any atom is -0.464 e. The third-order valence-corrected chi connectivity index (χ3v) is 6.34. The summed E-state index contributed by atoms with van der Waals surface area (Å²) in [5.41, 5.74) is 2.60. The molecular formula is C30H53N3O3. The number of ether oxygens (including phenoxy) is 1. The highest BCUT2D eigenvalue weighted by Crippen LogP contribution is 2.27. The first-order valence-electron chi connectivity index (χ1n) is 14.3. The Balaban J connectivity index is 1.92. The minimum atomic E-state index is -0.170. The van der Waals surface area contributed by atoms with Crippen LogP contribution in [0.25, 0.3) is 0 Å². The number of amides is 1. The van der Waals surface area contributed by atoms with Crippen LogP contribution >= 0.6 is 0 Å². The number of rotatable bonds is 22. The summed E-state index contributed by atoms with van der Waals surface area (Å²) in [5.74, 6) is -0.244. The van der Waals surface area contributed by atoms with Crippen molar-refractivity contribution in [1.82, 2.24) is 15.5 Å². The van der Waals surface area contributed by atoms with Gasteiger partial charge in [0.15, 0.2) is 0 Å². The van der Waals surface area contributed by atoms with Gasteiger partial charge in [-0.25, -0.2) is 0 Å². The van der Waals surface area contributed by atoms with E-state index in [0.29, 0.717) is 13.0 Å². The number of allylic oxidation sites excluding steroid dienone is 5. The second kappa shape index (κ2) is 22.1. The maximum atomic E-state index is 12.1. The number of hydrogen-bond acceptors (Lipinski definition) is 5. The molecule has 0 aromatic carbocycles. The van der Waals surface area contributed by atoms with Crippen LogP contribution in [0.2, 0.25) is 0 Å². The Morgan fingerprint density at radius 1 is 0.889 bits per heavy atom. The molecule has 36 heavy (non-hydrogen) atoms. The molecule has 2 N–H and O–H groups in total. The molecule has 1 rings (SSSR count). The average Bonchev–Trinajstić information content (AvgIpc) is 2.81. The Hall–Kier alpha value is -2.08. The van der Waals surface area contributed by atoms with Gasteiger partial charge < -0.3 is 20.3 Å². The van der Waals surface area contributed by atoms with E-state index in [0.717, 1.165) is 51.5 Å². The van der Waals surface area contributed by atoms with Gasteiger partial charge >= 0.3 is 5.97 Å². The molecule has 0 bridgehead atoms. The van der Waals surface area contributed by atoms with Crippen molar-refractivity contribution < 1.29 is 14.3 Å². The van der Waals surface area contributed by atoms with E-state index < -0.39 is 0 Å². The number of likely N-dealkylation sites (N-methyl/N-ethyl adjacent to an activating group) is 1. The Morgan fingerprint density at radius 3 is 2.19 bits per heavy atom. The summed E-state index contributed by atoms with van der Waals surface area (Å²) >= 11 is 0. The number of hydrogen-bond donors (Lipinski definition) is 2. The third kappa shape index (κ3) is 18.2. The molecule has 0 aromatic rings. The highest BCUT2D eigenvalue weighted by atomic mass is 16.5. The molecule has 0 aliphatic heterocycles. The zero-order valence-electron chi connectivity index (χ0n) is 23.4. The molecule has 1 aliphatic carbocycles. The lowest BCUT2D eigenvalue weighted by molar-refractivity contribution is -0.144. The number of esters is 1. The lowest BCUT2D eigenvalue weighted by Crippen LogP contribution is -2.38. The van der Waals surface area contributed by atoms with E-state index in [1.807, 2.05) is 14.1 Å². The molecule has 0 radical (unpaired) electrons. The number of carbonyl (C=O) groups excluding carboxylic acids is 2. The molecule has 6 nitrogen and oxygen atoms in total. The fraction of sp³-hybridized carbons (Fsp3) is 0.733. The SMILES string of the molecule is CCCCC/C=C\C/C=C\CCCCCCCC(=O)OCCNC(=O)CNC(CN(C)C)=C1CCC1. The van der Waals surface area contributed by atoms with Gasteiger partial charge in [0, 0.05) is 18.7 Å². The van der Waals surface area contributed by atoms with Crippen LogP contribution in [-0.2, 0) is 14.3 Å². The van der Waals surface area contributed by atoms with Gasteiger partial charge in [0.2, 0.25) is 5.91 Å². The summed E-state index contributed by atoms with van der Waals surface area (Å²) in [6.07, 6.45) is 25.9. The zero-order valence-corrected chi connectivity index (χ0v) is 23.4. The first-order valence-corrected chi connectivity index (χ1v) is 14.3. The molecule has 206 valence electrons. The van der Waals surface area contributed by atoms with Gasteiger partial charge in [-0.3, -0.25) is 9.59 Å². The quantitative estimate of drug-likeness (QED) is 0.107. The molecular weight excluding hydrogens is 450 g/mol. The largest absolute Gasteiger partial charge is 0.464 e. The predicted octanol–water partition coefficient (Wildman–Crippen LogP) is 6.05. The zero-order chi connectivity index (χ0) is 26.3. The van der Waals surface area contributed by atoms with Crippen molar-refractivity contribution in [3.63, 3.8) is 0 Å². The van der Waals surface area contributed by atoms with Gasteiger partial charge in [-0.2, -0.15) is 0 Å². The summed E-state index contributed by atoms with van der Waals surface area (Å²) in [5, 5.41) is 6.11. The maximum absolute atomic E-state index is 12.1. The number of nitrogens with zero attached hydrogens (tertiary/aromatic N) is 1. The lowest BCUT2D eigenvalue weighted by atomic mass is 9.90. The van der Waals surface area contributed by atoms with Gasteiger partial charge in [0.25, 0.3) is 0 Å². The molecule has 1 fully saturated rings. The van der Waals surface area contributed by atoms with Crippen molar-refractivity contribution in [2.24, 2.45) is 0 Å². The molecule has 0 spiro atoms. The van der Waals surface area contributed by atoms with Crippen LogP contribution in [0.4, 0.5) is 0 Å². The number of carbonyl (C=O) groups is 2. The first kappa shape index (κ1) is 31.9. The summed E-state index contributed by atoms with van der Waals surface area (Å²) < 4.78 is 5.25. The van der Waals surface area contributed by atoms with Crippen LogP contribution in [0.3, 0.4) is 0 Å². The molecule has 0 heterocycles. The molecule has 1 amide bonds. The number of nitrogens with one attached hydrogen (secondary N) is 2. The molecule has 0 aromatic heterocycles. The van der Waals surface area contributed by atoms with E-state index in [1.165, 1.54) is 56.2 Å². The highest BCUT2D eigenvalue weighted by molar-refractivity contribution is 5.78. The second-order valence-corrected chi connectivity index (χ2v) is 10.1. The van der Waals surface area contributed by atoms with Crippen molar-refractivity contribution in [3.8, 4) is 0 Å². The van der Waals surface area contributed by atoms with E-state index >= 15 is 0 Å². The summed E-state index contributed by atoms with van der Waals surface area (Å²) in [4.78, 5) is 26.1. The van der Waals surface area contributed by atoms with E-state index in [9.17, 15) is 9.59 Å². The maximum Gasteiger partial charge on any atom is 0.305 e. The fourth-order valence-corrected chi connectivity index (χ4v) is 4.02. The van der Waals surface area contributed by atoms with Crippen molar-refractivity contribution in [2.45, 2.75) is 103 Å². The molecule has 0 saturated heterocycles. The standard InChI is InChI=1S/C30H53N3O3/c1-4-5-6-7-8-9-10-11-12-13-14-15-16-17-18-22-30(35)36-24-23-31-29(34)25-32-28(26-33(2)3)27-20-19-21-27/h8-9,11-12,32H,4-7,10,13-26H2,1-3H3,(H,31,34)/b9-8-,12-11-. The molecule has 1 saturated carbocycles. The Morgan fingerprint density at radius 2 is 1.56 bits per heavy atom. The van der Waals surface area contributed by atoms with E-state index in [2.05, 4.69) is 46.8 Å². The Bertz CT molecular complexity index is 677.